The fourth-order valence-electron chi connectivity index (χ4n) is 2.60. The van der Waals surface area contributed by atoms with Crippen molar-refractivity contribution in [3.63, 3.8) is 0 Å². The van der Waals surface area contributed by atoms with Crippen LogP contribution in [0, 0.1) is 5.41 Å². The van der Waals surface area contributed by atoms with Gasteiger partial charge in [0, 0.05) is 6.42 Å². The molecule has 0 aliphatic heterocycles. The SMILES string of the molecule is C=CCCC(C/C=C\C)(C(C)=O)C(=O)O[C@H](C)C[C@@H](C)OC(=O)OCC=C. The number of allylic oxidation sites excluding steroid dienone is 3. The van der Waals surface area contributed by atoms with Gasteiger partial charge >= 0.3 is 12.1 Å². The summed E-state index contributed by atoms with van der Waals surface area (Å²) in [6, 6.07) is 0. The van der Waals surface area contributed by atoms with Crippen LogP contribution in [-0.2, 0) is 23.8 Å². The lowest BCUT2D eigenvalue weighted by molar-refractivity contribution is -0.165. The first-order valence-electron chi connectivity index (χ1n) is 9.12. The van der Waals surface area contributed by atoms with Gasteiger partial charge in [0.2, 0.25) is 0 Å². The van der Waals surface area contributed by atoms with Gasteiger partial charge in [-0.15, -0.1) is 6.58 Å². The van der Waals surface area contributed by atoms with Crippen molar-refractivity contribution in [2.24, 2.45) is 5.41 Å². The molecule has 0 rings (SSSR count). The molecule has 0 bridgehead atoms. The van der Waals surface area contributed by atoms with Gasteiger partial charge in [-0.2, -0.15) is 0 Å². The minimum Gasteiger partial charge on any atom is -0.462 e. The van der Waals surface area contributed by atoms with E-state index in [1.807, 2.05) is 6.92 Å². The van der Waals surface area contributed by atoms with Crippen molar-refractivity contribution in [2.75, 3.05) is 6.61 Å². The molecular weight excluding hydrogens is 348 g/mol. The van der Waals surface area contributed by atoms with E-state index in [9.17, 15) is 14.4 Å². The van der Waals surface area contributed by atoms with Crippen LogP contribution in [0.15, 0.2) is 37.5 Å². The molecule has 0 aromatic carbocycles. The van der Waals surface area contributed by atoms with E-state index in [1.54, 1.807) is 32.1 Å². The lowest BCUT2D eigenvalue weighted by Crippen LogP contribution is -2.41. The predicted molar refractivity (Wildman–Crippen MR) is 104 cm³/mol. The molecule has 152 valence electrons. The number of ether oxygens (including phenoxy) is 3. The summed E-state index contributed by atoms with van der Waals surface area (Å²) >= 11 is 0. The minimum absolute atomic E-state index is 0.0610. The molecule has 6 nitrogen and oxygen atoms in total. The third kappa shape index (κ3) is 8.71. The van der Waals surface area contributed by atoms with Gasteiger partial charge in [-0.3, -0.25) is 9.59 Å². The molecule has 0 saturated carbocycles. The predicted octanol–water partition coefficient (Wildman–Crippen LogP) is 4.54. The normalized spacial score (nSPS) is 15.3. The largest absolute Gasteiger partial charge is 0.508 e. The number of rotatable bonds is 13. The molecule has 0 aromatic rings. The van der Waals surface area contributed by atoms with E-state index in [0.29, 0.717) is 12.8 Å². The van der Waals surface area contributed by atoms with Gasteiger partial charge in [-0.1, -0.05) is 30.9 Å². The average Bonchev–Trinajstić information content (AvgIpc) is 2.59. The number of hydrogen-bond donors (Lipinski definition) is 0. The monoisotopic (exact) mass is 380 g/mol. The molecule has 0 aliphatic rings. The highest BCUT2D eigenvalue weighted by Crippen LogP contribution is 2.33. The molecule has 0 amide bonds. The molecular formula is C21H32O6. The van der Waals surface area contributed by atoms with Crippen LogP contribution in [0.25, 0.3) is 0 Å². The summed E-state index contributed by atoms with van der Waals surface area (Å²) in [4.78, 5) is 36.6. The lowest BCUT2D eigenvalue weighted by Gasteiger charge is -2.29. The summed E-state index contributed by atoms with van der Waals surface area (Å²) in [5.74, 6) is -0.805. The Morgan fingerprint density at radius 3 is 2.22 bits per heavy atom. The van der Waals surface area contributed by atoms with Gasteiger partial charge < -0.3 is 14.2 Å². The smallest absolute Gasteiger partial charge is 0.462 e. The summed E-state index contributed by atoms with van der Waals surface area (Å²) in [7, 11) is 0. The molecule has 27 heavy (non-hydrogen) atoms. The summed E-state index contributed by atoms with van der Waals surface area (Å²) in [6.07, 6.45) is 6.26. The first-order valence-corrected chi connectivity index (χ1v) is 9.12. The van der Waals surface area contributed by atoms with Crippen molar-refractivity contribution in [1.82, 2.24) is 0 Å². The zero-order chi connectivity index (χ0) is 20.9. The van der Waals surface area contributed by atoms with Crippen molar-refractivity contribution in [1.29, 1.82) is 0 Å². The maximum Gasteiger partial charge on any atom is 0.508 e. The van der Waals surface area contributed by atoms with Crippen LogP contribution in [0.4, 0.5) is 4.79 Å². The Morgan fingerprint density at radius 1 is 1.07 bits per heavy atom. The summed E-state index contributed by atoms with van der Waals surface area (Å²) in [5.41, 5.74) is -1.23. The Morgan fingerprint density at radius 2 is 1.70 bits per heavy atom. The van der Waals surface area contributed by atoms with Crippen molar-refractivity contribution in [2.45, 2.75) is 65.6 Å². The number of carbonyl (C=O) groups is 3. The third-order valence-corrected chi connectivity index (χ3v) is 4.13. The lowest BCUT2D eigenvalue weighted by atomic mass is 9.76. The number of carbonyl (C=O) groups excluding carboxylic acids is 3. The van der Waals surface area contributed by atoms with Crippen LogP contribution < -0.4 is 0 Å². The first-order chi connectivity index (χ1) is 12.7. The van der Waals surface area contributed by atoms with Crippen LogP contribution in [0.2, 0.25) is 0 Å². The zero-order valence-electron chi connectivity index (χ0n) is 16.9. The summed E-state index contributed by atoms with van der Waals surface area (Å²) in [6.45, 7) is 13.8. The second-order valence-electron chi connectivity index (χ2n) is 6.47. The Labute approximate surface area is 162 Å². The minimum atomic E-state index is -1.23. The van der Waals surface area contributed by atoms with Crippen LogP contribution in [0.1, 0.15) is 53.4 Å². The maximum absolute atomic E-state index is 12.8. The van der Waals surface area contributed by atoms with Gasteiger partial charge in [0.05, 0.1) is 0 Å². The molecule has 0 saturated heterocycles. The van der Waals surface area contributed by atoms with Crippen LogP contribution in [0.3, 0.4) is 0 Å². The maximum atomic E-state index is 12.8. The van der Waals surface area contributed by atoms with Crippen molar-refractivity contribution >= 4 is 17.9 Å². The van der Waals surface area contributed by atoms with Gasteiger partial charge in [0.25, 0.3) is 0 Å². The molecule has 0 N–H and O–H groups in total. The molecule has 0 aliphatic carbocycles. The van der Waals surface area contributed by atoms with E-state index >= 15 is 0 Å². The Bertz CT molecular complexity index is 551. The van der Waals surface area contributed by atoms with Crippen molar-refractivity contribution in [3.05, 3.63) is 37.5 Å². The highest BCUT2D eigenvalue weighted by atomic mass is 16.7. The first kappa shape index (κ1) is 24.6. The van der Waals surface area contributed by atoms with E-state index in [4.69, 9.17) is 14.2 Å². The number of hydrogen-bond acceptors (Lipinski definition) is 6. The van der Waals surface area contributed by atoms with E-state index in [1.165, 1.54) is 13.0 Å². The molecule has 3 atom stereocenters. The summed E-state index contributed by atoms with van der Waals surface area (Å²) < 4.78 is 15.4. The second-order valence-corrected chi connectivity index (χ2v) is 6.47. The Kier molecular flexibility index (Phi) is 11.8. The average molecular weight is 380 g/mol. The molecule has 0 heterocycles. The molecule has 0 fully saturated rings. The van der Waals surface area contributed by atoms with E-state index in [2.05, 4.69) is 13.2 Å². The van der Waals surface area contributed by atoms with E-state index < -0.39 is 29.7 Å². The fraction of sp³-hybridized carbons (Fsp3) is 0.571. The highest BCUT2D eigenvalue weighted by Gasteiger charge is 2.43. The van der Waals surface area contributed by atoms with Crippen molar-refractivity contribution < 1.29 is 28.6 Å². The Balaban J connectivity index is 4.98. The molecule has 1 unspecified atom stereocenters. The zero-order valence-corrected chi connectivity index (χ0v) is 16.9. The second kappa shape index (κ2) is 12.9. The molecule has 0 spiro atoms. The van der Waals surface area contributed by atoms with Gasteiger partial charge in [-0.05, 0) is 47.0 Å². The number of Topliss-reactive ketones (excluding diaryl/α,β-unsaturated/α-hetero) is 1. The topological polar surface area (TPSA) is 78.9 Å². The standard InChI is InChI=1S/C21H32O6/c1-7-10-12-21(18(6)22,13-11-8-2)19(23)26-16(4)15-17(5)27-20(24)25-14-9-3/h7-9,11,16-17H,1,3,10,12-15H2,2,4-6H3/b11-8-/t16-,17-,21?/m1/s1. The van der Waals surface area contributed by atoms with Gasteiger partial charge in [0.1, 0.15) is 30.0 Å². The quantitative estimate of drug-likeness (QED) is 0.265. The third-order valence-electron chi connectivity index (χ3n) is 4.13. The number of esters is 1. The molecule has 0 aromatic heterocycles. The highest BCUT2D eigenvalue weighted by molar-refractivity contribution is 6.03. The molecule has 0 radical (unpaired) electrons. The van der Waals surface area contributed by atoms with Crippen molar-refractivity contribution in [3.8, 4) is 0 Å². The molecule has 6 heteroatoms. The van der Waals surface area contributed by atoms with E-state index in [-0.39, 0.29) is 25.2 Å². The summed E-state index contributed by atoms with van der Waals surface area (Å²) in [5, 5.41) is 0. The van der Waals surface area contributed by atoms with Gasteiger partial charge in [0.15, 0.2) is 0 Å². The van der Waals surface area contributed by atoms with Crippen LogP contribution in [-0.4, -0.2) is 36.7 Å². The van der Waals surface area contributed by atoms with Crippen LogP contribution >= 0.6 is 0 Å². The van der Waals surface area contributed by atoms with Gasteiger partial charge in [-0.25, -0.2) is 4.79 Å². The fourth-order valence-corrected chi connectivity index (χ4v) is 2.60. The Hall–Kier alpha value is -2.37. The number of ketones is 1. The van der Waals surface area contributed by atoms with E-state index in [0.717, 1.165) is 0 Å². The van der Waals surface area contributed by atoms with Crippen LogP contribution in [0.5, 0.6) is 0 Å².